The highest BCUT2D eigenvalue weighted by molar-refractivity contribution is 5.19. The zero-order valence-corrected chi connectivity index (χ0v) is 9.91. The average molecular weight is 222 g/mol. The van der Waals surface area contributed by atoms with Crippen molar-refractivity contribution in [1.29, 1.82) is 0 Å². The van der Waals surface area contributed by atoms with E-state index in [0.717, 1.165) is 18.7 Å². The standard InChI is InChI=1S/C13H19FN2/c1-10(11-4-3-5-12(14)8-11)15-13-6-7-16(2)9-13/h3-5,8,10,13,15H,6-7,9H2,1-2H3/t10-,13?/m0/s1. The molecule has 88 valence electrons. The van der Waals surface area contributed by atoms with Gasteiger partial charge in [0, 0.05) is 18.6 Å². The Bertz CT molecular complexity index is 354. The molecule has 2 rings (SSSR count). The lowest BCUT2D eigenvalue weighted by atomic mass is 10.1. The third-order valence-corrected chi connectivity index (χ3v) is 3.23. The Labute approximate surface area is 96.5 Å². The number of benzene rings is 1. The van der Waals surface area contributed by atoms with E-state index >= 15 is 0 Å². The first-order valence-electron chi connectivity index (χ1n) is 5.85. The van der Waals surface area contributed by atoms with Gasteiger partial charge in [-0.15, -0.1) is 0 Å². The molecule has 1 aliphatic heterocycles. The van der Waals surface area contributed by atoms with Gasteiger partial charge in [-0.1, -0.05) is 12.1 Å². The lowest BCUT2D eigenvalue weighted by Gasteiger charge is -2.19. The van der Waals surface area contributed by atoms with Crippen molar-refractivity contribution < 1.29 is 4.39 Å². The summed E-state index contributed by atoms with van der Waals surface area (Å²) < 4.78 is 13.1. The summed E-state index contributed by atoms with van der Waals surface area (Å²) in [6.07, 6.45) is 1.18. The molecule has 16 heavy (non-hydrogen) atoms. The fourth-order valence-corrected chi connectivity index (χ4v) is 2.30. The molecule has 1 saturated heterocycles. The highest BCUT2D eigenvalue weighted by atomic mass is 19.1. The maximum Gasteiger partial charge on any atom is 0.123 e. The molecule has 1 unspecified atom stereocenters. The van der Waals surface area contributed by atoms with Crippen LogP contribution in [0.4, 0.5) is 4.39 Å². The van der Waals surface area contributed by atoms with Crippen LogP contribution >= 0.6 is 0 Å². The van der Waals surface area contributed by atoms with Gasteiger partial charge in [-0.25, -0.2) is 4.39 Å². The van der Waals surface area contributed by atoms with E-state index in [4.69, 9.17) is 0 Å². The van der Waals surface area contributed by atoms with Gasteiger partial charge in [0.15, 0.2) is 0 Å². The Morgan fingerprint density at radius 1 is 1.50 bits per heavy atom. The van der Waals surface area contributed by atoms with E-state index in [1.54, 1.807) is 12.1 Å². The van der Waals surface area contributed by atoms with Crippen molar-refractivity contribution in [3.05, 3.63) is 35.6 Å². The van der Waals surface area contributed by atoms with Crippen LogP contribution in [-0.2, 0) is 0 Å². The zero-order valence-electron chi connectivity index (χ0n) is 9.91. The topological polar surface area (TPSA) is 15.3 Å². The number of hydrogen-bond donors (Lipinski definition) is 1. The van der Waals surface area contributed by atoms with Gasteiger partial charge < -0.3 is 10.2 Å². The van der Waals surface area contributed by atoms with Crippen LogP contribution in [-0.4, -0.2) is 31.1 Å². The third-order valence-electron chi connectivity index (χ3n) is 3.23. The summed E-state index contributed by atoms with van der Waals surface area (Å²) in [6.45, 7) is 4.32. The van der Waals surface area contributed by atoms with E-state index in [1.807, 2.05) is 6.07 Å². The summed E-state index contributed by atoms with van der Waals surface area (Å²) >= 11 is 0. The van der Waals surface area contributed by atoms with E-state index in [1.165, 1.54) is 12.5 Å². The van der Waals surface area contributed by atoms with E-state index < -0.39 is 0 Å². The molecule has 0 radical (unpaired) electrons. The van der Waals surface area contributed by atoms with Crippen molar-refractivity contribution in [3.63, 3.8) is 0 Å². The van der Waals surface area contributed by atoms with Crippen molar-refractivity contribution >= 4 is 0 Å². The zero-order chi connectivity index (χ0) is 11.5. The van der Waals surface area contributed by atoms with Crippen LogP contribution < -0.4 is 5.32 Å². The molecule has 0 aliphatic carbocycles. The molecular formula is C13H19FN2. The maximum atomic E-state index is 13.1. The quantitative estimate of drug-likeness (QED) is 0.843. The van der Waals surface area contributed by atoms with Crippen LogP contribution in [0.2, 0.25) is 0 Å². The lowest BCUT2D eigenvalue weighted by molar-refractivity contribution is 0.387. The third kappa shape index (κ3) is 2.80. The van der Waals surface area contributed by atoms with Crippen LogP contribution in [0.1, 0.15) is 24.9 Å². The van der Waals surface area contributed by atoms with Crippen LogP contribution in [0.5, 0.6) is 0 Å². The number of rotatable bonds is 3. The summed E-state index contributed by atoms with van der Waals surface area (Å²) in [5, 5.41) is 3.54. The van der Waals surface area contributed by atoms with Gasteiger partial charge in [-0.05, 0) is 44.6 Å². The molecule has 0 spiro atoms. The minimum Gasteiger partial charge on any atom is -0.306 e. The molecule has 0 bridgehead atoms. The van der Waals surface area contributed by atoms with Crippen molar-refractivity contribution in [3.8, 4) is 0 Å². The highest BCUT2D eigenvalue weighted by Gasteiger charge is 2.21. The molecule has 0 aromatic heterocycles. The molecule has 2 atom stereocenters. The van der Waals surface area contributed by atoms with Crippen LogP contribution in [0.15, 0.2) is 24.3 Å². The summed E-state index contributed by atoms with van der Waals surface area (Å²) in [5.74, 6) is -0.158. The predicted molar refractivity (Wildman–Crippen MR) is 63.9 cm³/mol. The molecular weight excluding hydrogens is 203 g/mol. The number of likely N-dealkylation sites (N-methyl/N-ethyl adjacent to an activating group) is 1. The molecule has 1 fully saturated rings. The van der Waals surface area contributed by atoms with Crippen molar-refractivity contribution in [2.75, 3.05) is 20.1 Å². The molecule has 1 N–H and O–H groups in total. The normalized spacial score (nSPS) is 23.6. The first kappa shape index (κ1) is 11.6. The van der Waals surface area contributed by atoms with Crippen molar-refractivity contribution in [1.82, 2.24) is 10.2 Å². The van der Waals surface area contributed by atoms with Gasteiger partial charge in [0.05, 0.1) is 0 Å². The van der Waals surface area contributed by atoms with E-state index in [2.05, 4.69) is 24.2 Å². The second-order valence-corrected chi connectivity index (χ2v) is 4.69. The molecule has 1 aromatic carbocycles. The van der Waals surface area contributed by atoms with Crippen LogP contribution in [0.25, 0.3) is 0 Å². The minimum atomic E-state index is -0.158. The van der Waals surface area contributed by atoms with E-state index in [0.29, 0.717) is 6.04 Å². The number of likely N-dealkylation sites (tertiary alicyclic amines) is 1. The lowest BCUT2D eigenvalue weighted by Crippen LogP contribution is -2.33. The van der Waals surface area contributed by atoms with Gasteiger partial charge in [-0.3, -0.25) is 0 Å². The highest BCUT2D eigenvalue weighted by Crippen LogP contribution is 2.16. The molecule has 0 saturated carbocycles. The van der Waals surface area contributed by atoms with Gasteiger partial charge >= 0.3 is 0 Å². The Kier molecular flexibility index (Phi) is 3.56. The first-order chi connectivity index (χ1) is 7.65. The van der Waals surface area contributed by atoms with Crippen LogP contribution in [0.3, 0.4) is 0 Å². The molecule has 1 heterocycles. The summed E-state index contributed by atoms with van der Waals surface area (Å²) in [5.41, 5.74) is 1.02. The molecule has 2 nitrogen and oxygen atoms in total. The number of hydrogen-bond acceptors (Lipinski definition) is 2. The molecule has 1 aliphatic rings. The SMILES string of the molecule is C[C@H](NC1CCN(C)C1)c1cccc(F)c1. The largest absolute Gasteiger partial charge is 0.306 e. The van der Waals surface area contributed by atoms with E-state index in [-0.39, 0.29) is 11.9 Å². The average Bonchev–Trinajstić information content (AvgIpc) is 2.64. The summed E-state index contributed by atoms with van der Waals surface area (Å²) in [7, 11) is 2.13. The van der Waals surface area contributed by atoms with Gasteiger partial charge in [0.2, 0.25) is 0 Å². The molecule has 1 aromatic rings. The Morgan fingerprint density at radius 3 is 2.94 bits per heavy atom. The van der Waals surface area contributed by atoms with Crippen molar-refractivity contribution in [2.24, 2.45) is 0 Å². The van der Waals surface area contributed by atoms with Crippen molar-refractivity contribution in [2.45, 2.75) is 25.4 Å². The monoisotopic (exact) mass is 222 g/mol. The Balaban J connectivity index is 1.95. The Hall–Kier alpha value is -0.930. The summed E-state index contributed by atoms with van der Waals surface area (Å²) in [4.78, 5) is 2.32. The summed E-state index contributed by atoms with van der Waals surface area (Å²) in [6, 6.07) is 7.58. The van der Waals surface area contributed by atoms with E-state index in [9.17, 15) is 4.39 Å². The number of halogens is 1. The fraction of sp³-hybridized carbons (Fsp3) is 0.538. The maximum absolute atomic E-state index is 13.1. The van der Waals surface area contributed by atoms with Crippen LogP contribution in [0, 0.1) is 5.82 Å². The number of nitrogens with one attached hydrogen (secondary N) is 1. The smallest absolute Gasteiger partial charge is 0.123 e. The van der Waals surface area contributed by atoms with Gasteiger partial charge in [0.25, 0.3) is 0 Å². The van der Waals surface area contributed by atoms with Gasteiger partial charge in [-0.2, -0.15) is 0 Å². The second kappa shape index (κ2) is 4.93. The minimum absolute atomic E-state index is 0.158. The predicted octanol–water partition coefficient (Wildman–Crippen LogP) is 2.18. The number of nitrogens with zero attached hydrogens (tertiary/aromatic N) is 1. The Morgan fingerprint density at radius 2 is 2.31 bits per heavy atom. The second-order valence-electron chi connectivity index (χ2n) is 4.69. The molecule has 3 heteroatoms. The fourth-order valence-electron chi connectivity index (χ4n) is 2.30. The first-order valence-corrected chi connectivity index (χ1v) is 5.85. The molecule has 0 amide bonds. The van der Waals surface area contributed by atoms with Gasteiger partial charge in [0.1, 0.15) is 5.82 Å².